The number of aryl methyl sites for hydroxylation is 1. The highest BCUT2D eigenvalue weighted by Crippen LogP contribution is 2.46. The van der Waals surface area contributed by atoms with Crippen LogP contribution in [0.15, 0.2) is 70.6 Å². The Balaban J connectivity index is 1.55. The molecule has 0 atom stereocenters. The van der Waals surface area contributed by atoms with Crippen LogP contribution in [0.3, 0.4) is 0 Å². The summed E-state index contributed by atoms with van der Waals surface area (Å²) in [5.41, 5.74) is 2.74. The molecule has 3 aromatic rings. The molecule has 6 heteroatoms. The molecule has 0 radical (unpaired) electrons. The summed E-state index contributed by atoms with van der Waals surface area (Å²) in [6, 6.07) is 20.5. The third-order valence-electron chi connectivity index (χ3n) is 6.37. The first-order valence-corrected chi connectivity index (χ1v) is 22.0. The van der Waals surface area contributed by atoms with E-state index in [-0.39, 0.29) is 0 Å². The molecule has 2 nitrogen and oxygen atoms in total. The van der Waals surface area contributed by atoms with Crippen molar-refractivity contribution in [3.8, 4) is 0 Å². The van der Waals surface area contributed by atoms with Gasteiger partial charge in [0.2, 0.25) is 5.52 Å². The molecule has 4 rings (SSSR count). The molecule has 0 N–H and O–H groups in total. The molecule has 2 aromatic carbocycles. The normalized spacial score (nSPS) is 15.6. The Morgan fingerprint density at radius 3 is 2.31 bits per heavy atom. The maximum absolute atomic E-state index is 2.54. The number of allylic oxidation sites excluding steroid dienone is 2. The van der Waals surface area contributed by atoms with Gasteiger partial charge in [0.05, 0.1) is 10.7 Å². The molecule has 0 saturated heterocycles. The minimum Gasteiger partial charge on any atom is -0.335 e. The summed E-state index contributed by atoms with van der Waals surface area (Å²) in [5, 5.41) is 2.70. The van der Waals surface area contributed by atoms with Gasteiger partial charge in [-0.2, -0.15) is 4.57 Å². The van der Waals surface area contributed by atoms with Gasteiger partial charge < -0.3 is 4.90 Å². The van der Waals surface area contributed by atoms with Crippen LogP contribution in [0.2, 0.25) is 51.4 Å². The Bertz CT molecular complexity index is 1220. The Morgan fingerprint density at radius 1 is 0.857 bits per heavy atom. The first-order chi connectivity index (χ1) is 16.6. The maximum atomic E-state index is 2.54. The average molecular weight is 538 g/mol. The largest absolute Gasteiger partial charge is 0.335 e. The molecule has 0 amide bonds. The molecule has 0 fully saturated rings. The topological polar surface area (TPSA) is 7.12 Å². The van der Waals surface area contributed by atoms with E-state index in [9.17, 15) is 0 Å². The lowest BCUT2D eigenvalue weighted by molar-refractivity contribution is -0.668. The highest BCUT2D eigenvalue weighted by atomic mass is 32.2. The van der Waals surface area contributed by atoms with Gasteiger partial charge in [0.15, 0.2) is 0 Å². The van der Waals surface area contributed by atoms with E-state index >= 15 is 0 Å². The number of aromatic nitrogens is 1. The van der Waals surface area contributed by atoms with E-state index in [1.807, 2.05) is 23.1 Å². The molecule has 0 spiro atoms. The van der Waals surface area contributed by atoms with E-state index in [1.54, 1.807) is 0 Å². The van der Waals surface area contributed by atoms with Crippen LogP contribution < -0.4 is 9.47 Å². The first kappa shape index (κ1) is 26.5. The van der Waals surface area contributed by atoms with Crippen molar-refractivity contribution in [3.05, 3.63) is 70.7 Å². The minimum atomic E-state index is -1.02. The van der Waals surface area contributed by atoms with Crippen molar-refractivity contribution >= 4 is 61.2 Å². The van der Waals surface area contributed by atoms with Crippen molar-refractivity contribution in [2.45, 2.75) is 75.7 Å². The zero-order chi connectivity index (χ0) is 25.1. The molecule has 2 heterocycles. The fraction of sp³-hybridized carbons (Fsp3) is 0.414. The molecular weight excluding hydrogens is 497 g/mol. The summed E-state index contributed by atoms with van der Waals surface area (Å²) in [6.45, 7) is 17.1. The molecule has 1 aromatic heterocycles. The summed E-state index contributed by atoms with van der Waals surface area (Å²) in [7, 11) is -2.05. The fourth-order valence-electron chi connectivity index (χ4n) is 4.56. The second-order valence-corrected chi connectivity index (χ2v) is 25.3. The summed E-state index contributed by atoms with van der Waals surface area (Å²) in [6.07, 6.45) is 9.46. The number of benzene rings is 2. The number of thiazole rings is 1. The first-order valence-electron chi connectivity index (χ1n) is 12.9. The van der Waals surface area contributed by atoms with Crippen LogP contribution in [-0.2, 0) is 6.54 Å². The minimum absolute atomic E-state index is 1.02. The van der Waals surface area contributed by atoms with Gasteiger partial charge in [-0.05, 0) is 30.7 Å². The molecule has 35 heavy (non-hydrogen) atoms. The predicted octanol–water partition coefficient (Wildman–Crippen LogP) is 9.11. The van der Waals surface area contributed by atoms with Gasteiger partial charge in [-0.15, -0.1) is 0 Å². The van der Waals surface area contributed by atoms with Gasteiger partial charge in [0.25, 0.3) is 5.01 Å². The Hall–Kier alpha value is -1.61. The lowest BCUT2D eigenvalue weighted by Crippen LogP contribution is -2.36. The fourth-order valence-corrected chi connectivity index (χ4v) is 9.20. The van der Waals surface area contributed by atoms with E-state index in [4.69, 9.17) is 0 Å². The van der Waals surface area contributed by atoms with Crippen LogP contribution in [0.5, 0.6) is 0 Å². The van der Waals surface area contributed by atoms with E-state index < -0.39 is 16.1 Å². The summed E-state index contributed by atoms with van der Waals surface area (Å²) in [5.74, 6) is 0. The maximum Gasteiger partial charge on any atom is 0.262 e. The van der Waals surface area contributed by atoms with Crippen LogP contribution in [0.1, 0.15) is 17.8 Å². The van der Waals surface area contributed by atoms with Crippen molar-refractivity contribution in [1.29, 1.82) is 0 Å². The molecule has 0 saturated carbocycles. The van der Waals surface area contributed by atoms with E-state index in [1.165, 1.54) is 55.8 Å². The summed E-state index contributed by atoms with van der Waals surface area (Å²) in [4.78, 5) is 3.92. The molecule has 186 valence electrons. The van der Waals surface area contributed by atoms with Gasteiger partial charge >= 0.3 is 0 Å². The zero-order valence-corrected chi connectivity index (χ0v) is 25.9. The molecule has 0 bridgehead atoms. The number of rotatable bonds is 10. The number of para-hydroxylation sites is 2. The predicted molar refractivity (Wildman–Crippen MR) is 164 cm³/mol. The van der Waals surface area contributed by atoms with Gasteiger partial charge in [-0.3, -0.25) is 0 Å². The van der Waals surface area contributed by atoms with Gasteiger partial charge in [-0.1, -0.05) is 105 Å². The highest BCUT2D eigenvalue weighted by Gasteiger charge is 2.25. The lowest BCUT2D eigenvalue weighted by Gasteiger charge is -2.22. The standard InChI is InChI=1S/C29H41N2S2Si2/c1-34(2,3)22-12-20-30-24-14-7-9-16-26(24)32-28(30)18-11-19-29-31(21-13-23-35(4,5)6)25-15-8-10-17-27(25)33-29/h7-11,14-19H,12-13,20-23H2,1-6H3/q+1. The number of anilines is 1. The monoisotopic (exact) mass is 537 g/mol. The second-order valence-electron chi connectivity index (χ2n) is 12.0. The zero-order valence-electron chi connectivity index (χ0n) is 22.3. The van der Waals surface area contributed by atoms with Gasteiger partial charge in [0.1, 0.15) is 11.2 Å². The number of hydrogen-bond donors (Lipinski definition) is 0. The van der Waals surface area contributed by atoms with Crippen LogP contribution in [0.25, 0.3) is 16.3 Å². The van der Waals surface area contributed by atoms with Crippen molar-refractivity contribution < 1.29 is 4.57 Å². The molecular formula is C29H41N2S2Si2+. The lowest BCUT2D eigenvalue weighted by atomic mass is 10.3. The Labute approximate surface area is 222 Å². The molecule has 0 unspecified atom stereocenters. The number of fused-ring (bicyclic) bond motifs is 2. The van der Waals surface area contributed by atoms with Crippen molar-refractivity contribution in [1.82, 2.24) is 0 Å². The quantitative estimate of drug-likeness (QED) is 0.188. The summed E-state index contributed by atoms with van der Waals surface area (Å²) >= 11 is 3.82. The van der Waals surface area contributed by atoms with Crippen LogP contribution in [-0.4, -0.2) is 22.7 Å². The SMILES string of the molecule is C[Si](C)(C)CCCN1C(=CC=Cc2sc3ccccc3[n+]2CCC[Si](C)(C)C)Sc2ccccc21. The number of thioether (sulfide) groups is 1. The molecule has 0 aliphatic carbocycles. The summed E-state index contributed by atoms with van der Waals surface area (Å²) < 4.78 is 3.92. The number of hydrogen-bond acceptors (Lipinski definition) is 3. The van der Waals surface area contributed by atoms with Gasteiger partial charge in [-0.25, -0.2) is 0 Å². The van der Waals surface area contributed by atoms with Crippen molar-refractivity contribution in [2.24, 2.45) is 0 Å². The molecule has 1 aliphatic heterocycles. The van der Waals surface area contributed by atoms with E-state index in [2.05, 4.69) is 116 Å². The van der Waals surface area contributed by atoms with Crippen molar-refractivity contribution in [3.63, 3.8) is 0 Å². The van der Waals surface area contributed by atoms with Crippen molar-refractivity contribution in [2.75, 3.05) is 11.4 Å². The second kappa shape index (κ2) is 11.2. The highest BCUT2D eigenvalue weighted by molar-refractivity contribution is 8.03. The van der Waals surface area contributed by atoms with Gasteiger partial charge in [0, 0.05) is 46.2 Å². The smallest absolute Gasteiger partial charge is 0.262 e. The Morgan fingerprint density at radius 2 is 1.54 bits per heavy atom. The third kappa shape index (κ3) is 7.22. The van der Waals surface area contributed by atoms with E-state index in [0.717, 1.165) is 13.1 Å². The third-order valence-corrected chi connectivity index (χ3v) is 12.3. The Kier molecular flexibility index (Phi) is 8.47. The average Bonchev–Trinajstić information content (AvgIpc) is 3.30. The van der Waals surface area contributed by atoms with Crippen LogP contribution in [0.4, 0.5) is 5.69 Å². The van der Waals surface area contributed by atoms with Crippen LogP contribution >= 0.6 is 23.1 Å². The number of nitrogens with zero attached hydrogens (tertiary/aromatic N) is 2. The van der Waals surface area contributed by atoms with E-state index in [0.29, 0.717) is 0 Å². The molecule has 1 aliphatic rings. The van der Waals surface area contributed by atoms with Crippen LogP contribution in [0, 0.1) is 0 Å².